The minimum atomic E-state index is 0.105. The Balaban J connectivity index is 2.09. The van der Waals surface area contributed by atoms with Crippen LogP contribution in [0.1, 0.15) is 43.5 Å². The molecule has 1 atom stereocenters. The Bertz CT molecular complexity index is 680. The molecule has 0 bridgehead atoms. The Morgan fingerprint density at radius 2 is 2.09 bits per heavy atom. The lowest BCUT2D eigenvalue weighted by molar-refractivity contribution is 0.0745. The molecular formula is C19H23NO2. The molecule has 3 rings (SSSR count). The maximum Gasteiger partial charge on any atom is 0.258 e. The summed E-state index contributed by atoms with van der Waals surface area (Å²) < 4.78 is 5.86. The number of hydrogen-bond donors (Lipinski definition) is 0. The van der Waals surface area contributed by atoms with E-state index in [2.05, 4.69) is 13.8 Å². The molecule has 1 aliphatic rings. The Hall–Kier alpha value is -2.03. The van der Waals surface area contributed by atoms with Gasteiger partial charge in [-0.25, -0.2) is 0 Å². The molecule has 0 unspecified atom stereocenters. The summed E-state index contributed by atoms with van der Waals surface area (Å²) in [5, 5.41) is 2.07. The summed E-state index contributed by atoms with van der Waals surface area (Å²) in [6.07, 6.45) is 3.10. The summed E-state index contributed by atoms with van der Waals surface area (Å²) in [5.41, 5.74) is 0.723. The third-order valence-corrected chi connectivity index (χ3v) is 4.38. The van der Waals surface area contributed by atoms with Crippen molar-refractivity contribution in [2.75, 3.05) is 13.2 Å². The number of amides is 1. The van der Waals surface area contributed by atoms with Gasteiger partial charge in [-0.15, -0.1) is 0 Å². The number of benzene rings is 2. The maximum absolute atomic E-state index is 13.1. The zero-order valence-electron chi connectivity index (χ0n) is 13.3. The number of fused-ring (bicyclic) bond motifs is 1. The van der Waals surface area contributed by atoms with Crippen molar-refractivity contribution in [2.45, 2.75) is 39.2 Å². The third-order valence-electron chi connectivity index (χ3n) is 4.38. The van der Waals surface area contributed by atoms with Crippen LogP contribution in [0.25, 0.3) is 10.8 Å². The molecular weight excluding hydrogens is 274 g/mol. The van der Waals surface area contributed by atoms with Crippen LogP contribution in [0.15, 0.2) is 36.4 Å². The molecule has 22 heavy (non-hydrogen) atoms. The van der Waals surface area contributed by atoms with Gasteiger partial charge in [0.15, 0.2) is 0 Å². The molecule has 1 fully saturated rings. The Kier molecular flexibility index (Phi) is 4.32. The van der Waals surface area contributed by atoms with Crippen LogP contribution in [-0.2, 0) is 0 Å². The molecule has 0 N–H and O–H groups in total. The smallest absolute Gasteiger partial charge is 0.258 e. The Morgan fingerprint density at radius 1 is 1.27 bits per heavy atom. The summed E-state index contributed by atoms with van der Waals surface area (Å²) in [7, 11) is 0. The van der Waals surface area contributed by atoms with Gasteiger partial charge in [0.2, 0.25) is 0 Å². The molecule has 1 aliphatic heterocycles. The van der Waals surface area contributed by atoms with Crippen molar-refractivity contribution < 1.29 is 9.53 Å². The van der Waals surface area contributed by atoms with Crippen molar-refractivity contribution in [1.82, 2.24) is 4.90 Å². The van der Waals surface area contributed by atoms with Crippen LogP contribution in [0.2, 0.25) is 0 Å². The van der Waals surface area contributed by atoms with E-state index in [1.165, 1.54) is 0 Å². The summed E-state index contributed by atoms with van der Waals surface area (Å²) in [6.45, 7) is 5.68. The van der Waals surface area contributed by atoms with Crippen molar-refractivity contribution in [3.63, 3.8) is 0 Å². The molecule has 1 saturated heterocycles. The SMILES string of the molecule is CCCOc1ccc2ccccc2c1C(=O)N1CCC[C@H]1C. The van der Waals surface area contributed by atoms with E-state index in [1.54, 1.807) is 0 Å². The molecule has 1 amide bonds. The first-order valence-corrected chi connectivity index (χ1v) is 8.18. The standard InChI is InChI=1S/C19H23NO2/c1-3-13-22-17-11-10-15-8-4-5-9-16(15)18(17)19(21)20-12-6-7-14(20)2/h4-5,8-11,14H,3,6-7,12-13H2,1-2H3/t14-/m1/s1. The molecule has 0 radical (unpaired) electrons. The molecule has 2 aromatic carbocycles. The van der Waals surface area contributed by atoms with E-state index < -0.39 is 0 Å². The highest BCUT2D eigenvalue weighted by Gasteiger charge is 2.29. The van der Waals surface area contributed by atoms with Gasteiger partial charge in [-0.2, -0.15) is 0 Å². The van der Waals surface area contributed by atoms with Crippen LogP contribution in [0, 0.1) is 0 Å². The molecule has 116 valence electrons. The number of hydrogen-bond acceptors (Lipinski definition) is 2. The van der Waals surface area contributed by atoms with E-state index in [0.29, 0.717) is 18.4 Å². The van der Waals surface area contributed by atoms with Gasteiger partial charge in [0.1, 0.15) is 5.75 Å². The monoisotopic (exact) mass is 297 g/mol. The normalized spacial score (nSPS) is 17.9. The summed E-state index contributed by atoms with van der Waals surface area (Å²) >= 11 is 0. The third kappa shape index (κ3) is 2.68. The number of ether oxygens (including phenoxy) is 1. The van der Waals surface area contributed by atoms with Gasteiger partial charge in [-0.1, -0.05) is 37.3 Å². The number of likely N-dealkylation sites (tertiary alicyclic amines) is 1. The highest BCUT2D eigenvalue weighted by Crippen LogP contribution is 2.31. The van der Waals surface area contributed by atoms with Gasteiger partial charge in [0.05, 0.1) is 12.2 Å². The van der Waals surface area contributed by atoms with E-state index in [0.717, 1.165) is 42.1 Å². The second-order valence-corrected chi connectivity index (χ2v) is 6.00. The zero-order valence-corrected chi connectivity index (χ0v) is 13.3. The molecule has 0 spiro atoms. The lowest BCUT2D eigenvalue weighted by Crippen LogP contribution is -2.34. The molecule has 1 heterocycles. The average molecular weight is 297 g/mol. The lowest BCUT2D eigenvalue weighted by Gasteiger charge is -2.23. The van der Waals surface area contributed by atoms with Crippen molar-refractivity contribution in [3.8, 4) is 5.75 Å². The first-order valence-electron chi connectivity index (χ1n) is 8.18. The minimum Gasteiger partial charge on any atom is -0.493 e. The molecule has 3 nitrogen and oxygen atoms in total. The number of rotatable bonds is 4. The fraction of sp³-hybridized carbons (Fsp3) is 0.421. The first kappa shape index (κ1) is 14.9. The van der Waals surface area contributed by atoms with Gasteiger partial charge >= 0.3 is 0 Å². The largest absolute Gasteiger partial charge is 0.493 e. The van der Waals surface area contributed by atoms with Crippen molar-refractivity contribution in [2.24, 2.45) is 0 Å². The lowest BCUT2D eigenvalue weighted by atomic mass is 10.0. The fourth-order valence-corrected chi connectivity index (χ4v) is 3.18. The highest BCUT2D eigenvalue weighted by atomic mass is 16.5. The van der Waals surface area contributed by atoms with E-state index in [4.69, 9.17) is 4.74 Å². The van der Waals surface area contributed by atoms with Gasteiger partial charge in [-0.05, 0) is 43.0 Å². The van der Waals surface area contributed by atoms with Gasteiger partial charge in [0, 0.05) is 12.6 Å². The molecule has 3 heteroatoms. The highest BCUT2D eigenvalue weighted by molar-refractivity contribution is 6.09. The van der Waals surface area contributed by atoms with Crippen LogP contribution in [0.4, 0.5) is 0 Å². The molecule has 2 aromatic rings. The number of carbonyl (C=O) groups is 1. The molecule has 0 saturated carbocycles. The second-order valence-electron chi connectivity index (χ2n) is 6.00. The first-order chi connectivity index (χ1) is 10.7. The van der Waals surface area contributed by atoms with Gasteiger partial charge < -0.3 is 9.64 Å². The average Bonchev–Trinajstić information content (AvgIpc) is 2.97. The Morgan fingerprint density at radius 3 is 2.82 bits per heavy atom. The van der Waals surface area contributed by atoms with E-state index in [9.17, 15) is 4.79 Å². The Labute approximate surface area is 131 Å². The van der Waals surface area contributed by atoms with Crippen molar-refractivity contribution >= 4 is 16.7 Å². The van der Waals surface area contributed by atoms with Gasteiger partial charge in [0.25, 0.3) is 5.91 Å². The van der Waals surface area contributed by atoms with Crippen LogP contribution in [-0.4, -0.2) is 30.0 Å². The van der Waals surface area contributed by atoms with Crippen LogP contribution in [0.5, 0.6) is 5.75 Å². The van der Waals surface area contributed by atoms with Gasteiger partial charge in [-0.3, -0.25) is 4.79 Å². The van der Waals surface area contributed by atoms with Crippen molar-refractivity contribution in [1.29, 1.82) is 0 Å². The molecule has 0 aromatic heterocycles. The van der Waals surface area contributed by atoms with Crippen LogP contribution >= 0.6 is 0 Å². The van der Waals surface area contributed by atoms with Crippen LogP contribution in [0.3, 0.4) is 0 Å². The predicted octanol–water partition coefficient (Wildman–Crippen LogP) is 4.25. The fourth-order valence-electron chi connectivity index (χ4n) is 3.18. The second kappa shape index (κ2) is 6.39. The molecule has 0 aliphatic carbocycles. The van der Waals surface area contributed by atoms with E-state index in [1.807, 2.05) is 41.3 Å². The quantitative estimate of drug-likeness (QED) is 0.844. The van der Waals surface area contributed by atoms with E-state index in [-0.39, 0.29) is 5.91 Å². The predicted molar refractivity (Wildman–Crippen MR) is 89.5 cm³/mol. The number of nitrogens with zero attached hydrogens (tertiary/aromatic N) is 1. The van der Waals surface area contributed by atoms with Crippen LogP contribution < -0.4 is 4.74 Å². The maximum atomic E-state index is 13.1. The topological polar surface area (TPSA) is 29.5 Å². The van der Waals surface area contributed by atoms with E-state index >= 15 is 0 Å². The summed E-state index contributed by atoms with van der Waals surface area (Å²) in [5.74, 6) is 0.817. The number of carbonyl (C=O) groups excluding carboxylic acids is 1. The van der Waals surface area contributed by atoms with Crippen molar-refractivity contribution in [3.05, 3.63) is 42.0 Å². The summed E-state index contributed by atoms with van der Waals surface area (Å²) in [4.78, 5) is 15.1. The minimum absolute atomic E-state index is 0.105. The summed E-state index contributed by atoms with van der Waals surface area (Å²) in [6, 6.07) is 12.3. The zero-order chi connectivity index (χ0) is 15.5.